The van der Waals surface area contributed by atoms with Gasteiger partial charge in [0.05, 0.1) is 6.04 Å². The van der Waals surface area contributed by atoms with Crippen LogP contribution in [0.15, 0.2) is 66.7 Å². The van der Waals surface area contributed by atoms with Crippen LogP contribution >= 0.6 is 23.2 Å². The molecule has 0 radical (unpaired) electrons. The van der Waals surface area contributed by atoms with Gasteiger partial charge in [0, 0.05) is 39.7 Å². The lowest BCUT2D eigenvalue weighted by Gasteiger charge is -2.35. The molecule has 2 unspecified atom stereocenters. The van der Waals surface area contributed by atoms with Crippen molar-refractivity contribution in [2.75, 3.05) is 39.5 Å². The lowest BCUT2D eigenvalue weighted by Crippen LogP contribution is -2.38. The first-order chi connectivity index (χ1) is 19.0. The largest absolute Gasteiger partial charge is 0.491 e. The third-order valence-corrected chi connectivity index (χ3v) is 8.19. The summed E-state index contributed by atoms with van der Waals surface area (Å²) in [5, 5.41) is 13.0. The molecule has 6 rings (SSSR count). The van der Waals surface area contributed by atoms with Gasteiger partial charge in [0.1, 0.15) is 30.9 Å². The van der Waals surface area contributed by atoms with E-state index in [-0.39, 0.29) is 12.6 Å². The number of benzene rings is 3. The highest BCUT2D eigenvalue weighted by molar-refractivity contribution is 6.31. The predicted octanol–water partition coefficient (Wildman–Crippen LogP) is 6.29. The number of aliphatic hydroxyl groups is 1. The van der Waals surface area contributed by atoms with Gasteiger partial charge in [-0.25, -0.2) is 0 Å². The fourth-order valence-corrected chi connectivity index (χ4v) is 6.07. The van der Waals surface area contributed by atoms with Crippen LogP contribution in [-0.4, -0.2) is 65.5 Å². The molecule has 2 aliphatic heterocycles. The summed E-state index contributed by atoms with van der Waals surface area (Å²) in [5.41, 5.74) is 4.68. The van der Waals surface area contributed by atoms with Crippen molar-refractivity contribution in [2.45, 2.75) is 31.4 Å². The smallest absolute Gasteiger partial charge is 0.142 e. The molecule has 2 N–H and O–H groups in total. The van der Waals surface area contributed by atoms with Crippen molar-refractivity contribution >= 4 is 34.1 Å². The number of H-pyrrole nitrogens is 1. The lowest BCUT2D eigenvalue weighted by atomic mass is 9.93. The van der Waals surface area contributed by atoms with Gasteiger partial charge >= 0.3 is 0 Å². The Morgan fingerprint density at radius 1 is 0.872 bits per heavy atom. The number of hydrogen-bond acceptors (Lipinski definition) is 5. The number of ether oxygens (including phenoxy) is 2. The number of hydrogen-bond donors (Lipinski definition) is 2. The van der Waals surface area contributed by atoms with E-state index in [2.05, 4.69) is 26.9 Å². The minimum Gasteiger partial charge on any atom is -0.491 e. The van der Waals surface area contributed by atoms with Gasteiger partial charge in [-0.3, -0.25) is 4.90 Å². The quantitative estimate of drug-likeness (QED) is 0.249. The number of aromatic nitrogens is 1. The number of halogens is 2. The number of β-amino-alcohol motifs (C(OH)–C–C–N with tert-alkyl or cyclic N) is 1. The van der Waals surface area contributed by atoms with E-state index in [4.69, 9.17) is 32.7 Å². The Morgan fingerprint density at radius 3 is 2.33 bits per heavy atom. The number of fused-ring (bicyclic) bond motifs is 3. The van der Waals surface area contributed by atoms with Gasteiger partial charge in [-0.1, -0.05) is 35.3 Å². The zero-order valence-corrected chi connectivity index (χ0v) is 23.3. The number of nitrogens with zero attached hydrogens (tertiary/aromatic N) is 2. The van der Waals surface area contributed by atoms with Gasteiger partial charge in [0.2, 0.25) is 0 Å². The van der Waals surface area contributed by atoms with Crippen molar-refractivity contribution in [3.05, 3.63) is 93.6 Å². The molecule has 0 aliphatic carbocycles. The van der Waals surface area contributed by atoms with Gasteiger partial charge in [-0.05, 0) is 98.1 Å². The summed E-state index contributed by atoms with van der Waals surface area (Å²) >= 11 is 12.4. The van der Waals surface area contributed by atoms with Crippen LogP contribution in [0, 0.1) is 0 Å². The highest BCUT2D eigenvalue weighted by Gasteiger charge is 2.32. The molecule has 3 aromatic carbocycles. The maximum atomic E-state index is 10.4. The Kier molecular flexibility index (Phi) is 8.00. The molecule has 0 amide bonds. The van der Waals surface area contributed by atoms with Crippen molar-refractivity contribution in [3.63, 3.8) is 0 Å². The Balaban J connectivity index is 1.22. The number of rotatable bonds is 9. The van der Waals surface area contributed by atoms with E-state index in [9.17, 15) is 5.11 Å². The van der Waals surface area contributed by atoms with Crippen molar-refractivity contribution in [3.8, 4) is 11.5 Å². The van der Waals surface area contributed by atoms with Crippen LogP contribution < -0.4 is 9.47 Å². The zero-order valence-electron chi connectivity index (χ0n) is 21.8. The second kappa shape index (κ2) is 11.8. The lowest BCUT2D eigenvalue weighted by molar-refractivity contribution is 0.0757. The molecule has 39 heavy (non-hydrogen) atoms. The van der Waals surface area contributed by atoms with Crippen LogP contribution in [-0.2, 0) is 6.42 Å². The van der Waals surface area contributed by atoms with E-state index in [1.807, 2.05) is 54.6 Å². The van der Waals surface area contributed by atoms with Crippen LogP contribution in [0.1, 0.15) is 35.7 Å². The Bertz CT molecular complexity index is 1400. The molecule has 8 heteroatoms. The van der Waals surface area contributed by atoms with Crippen LogP contribution in [0.4, 0.5) is 0 Å². The summed E-state index contributed by atoms with van der Waals surface area (Å²) in [6, 6.07) is 21.6. The molecule has 2 aliphatic rings. The molecular weight excluding hydrogens is 533 g/mol. The number of aromatic amines is 1. The van der Waals surface area contributed by atoms with E-state index in [1.165, 1.54) is 23.8 Å². The van der Waals surface area contributed by atoms with Crippen molar-refractivity contribution in [2.24, 2.45) is 0 Å². The van der Waals surface area contributed by atoms with E-state index in [1.54, 1.807) is 0 Å². The first-order valence-electron chi connectivity index (χ1n) is 13.6. The molecule has 4 aromatic rings. The summed E-state index contributed by atoms with van der Waals surface area (Å²) in [7, 11) is 0. The van der Waals surface area contributed by atoms with Gasteiger partial charge in [0.25, 0.3) is 0 Å². The van der Waals surface area contributed by atoms with Gasteiger partial charge in [-0.2, -0.15) is 0 Å². The maximum Gasteiger partial charge on any atom is 0.142 e. The predicted molar refractivity (Wildman–Crippen MR) is 156 cm³/mol. The maximum absolute atomic E-state index is 10.4. The summed E-state index contributed by atoms with van der Waals surface area (Å²) < 4.78 is 12.1. The van der Waals surface area contributed by atoms with Crippen molar-refractivity contribution < 1.29 is 14.6 Å². The Labute approximate surface area is 239 Å². The van der Waals surface area contributed by atoms with E-state index in [0.29, 0.717) is 18.3 Å². The fourth-order valence-electron chi connectivity index (χ4n) is 5.77. The molecule has 1 fully saturated rings. The van der Waals surface area contributed by atoms with E-state index < -0.39 is 6.10 Å². The summed E-state index contributed by atoms with van der Waals surface area (Å²) in [4.78, 5) is 8.31. The summed E-state index contributed by atoms with van der Waals surface area (Å²) in [6.45, 7) is 4.35. The highest BCUT2D eigenvalue weighted by Crippen LogP contribution is 2.39. The molecule has 2 atom stereocenters. The zero-order chi connectivity index (χ0) is 26.8. The van der Waals surface area contributed by atoms with Crippen molar-refractivity contribution in [1.29, 1.82) is 0 Å². The monoisotopic (exact) mass is 565 g/mol. The molecule has 6 nitrogen and oxygen atoms in total. The summed E-state index contributed by atoms with van der Waals surface area (Å²) in [6.07, 6.45) is 2.82. The normalized spacial score (nSPS) is 18.8. The first kappa shape index (κ1) is 26.5. The fraction of sp³-hybridized carbons (Fsp3) is 0.355. The number of likely N-dealkylation sites (tertiary alicyclic amines) is 1. The topological polar surface area (TPSA) is 61.0 Å². The van der Waals surface area contributed by atoms with Gasteiger partial charge in [-0.15, -0.1) is 0 Å². The van der Waals surface area contributed by atoms with Crippen molar-refractivity contribution in [1.82, 2.24) is 14.8 Å². The third-order valence-electron chi connectivity index (χ3n) is 7.71. The van der Waals surface area contributed by atoms with Gasteiger partial charge in [0.15, 0.2) is 0 Å². The van der Waals surface area contributed by atoms with Gasteiger partial charge < -0.3 is 24.5 Å². The molecular formula is C31H33Cl2N3O3. The molecule has 204 valence electrons. The molecule has 0 saturated carbocycles. The van der Waals surface area contributed by atoms with Crippen LogP contribution in [0.3, 0.4) is 0 Å². The second-order valence-corrected chi connectivity index (χ2v) is 11.3. The van der Waals surface area contributed by atoms with E-state index in [0.717, 1.165) is 59.4 Å². The first-order valence-corrected chi connectivity index (χ1v) is 14.3. The molecule has 0 spiro atoms. The minimum absolute atomic E-state index is 0.0259. The van der Waals surface area contributed by atoms with Crippen LogP contribution in [0.25, 0.3) is 10.9 Å². The molecule has 0 bridgehead atoms. The number of aliphatic hydroxyl groups excluding tert-OH is 1. The molecule has 1 aromatic heterocycles. The number of nitrogens with one attached hydrogen (secondary N) is 1. The SMILES string of the molecule is OC(COc1ccc(C2c3[nH]c4ccc(Cl)cc4c3CCN2COc2ccc(Cl)cc2)cc1)CN1CCCC1. The average molecular weight is 567 g/mol. The Hall–Kier alpha value is -2.74. The summed E-state index contributed by atoms with van der Waals surface area (Å²) in [5.74, 6) is 1.53. The third kappa shape index (κ3) is 6.06. The molecule has 3 heterocycles. The highest BCUT2D eigenvalue weighted by atomic mass is 35.5. The minimum atomic E-state index is -0.498. The average Bonchev–Trinajstić information content (AvgIpc) is 3.59. The van der Waals surface area contributed by atoms with Crippen LogP contribution in [0.5, 0.6) is 11.5 Å². The van der Waals surface area contributed by atoms with Crippen LogP contribution in [0.2, 0.25) is 10.0 Å². The molecule has 1 saturated heterocycles. The Morgan fingerprint density at radius 2 is 1.56 bits per heavy atom. The second-order valence-electron chi connectivity index (χ2n) is 10.4. The standard InChI is InChI=1S/C31H33Cl2N3O3/c32-22-5-10-26(11-6-22)39-20-36-16-13-27-28-17-23(33)7-12-29(28)34-30(27)31(36)21-3-8-25(9-4-21)38-19-24(37)18-35-14-1-2-15-35/h3-12,17,24,31,34,37H,1-2,13-16,18-20H2. The van der Waals surface area contributed by atoms with E-state index >= 15 is 0 Å².